The van der Waals surface area contributed by atoms with Gasteiger partial charge in [0.1, 0.15) is 24.2 Å². The van der Waals surface area contributed by atoms with Crippen molar-refractivity contribution in [1.29, 1.82) is 0 Å². The molecule has 6 unspecified atom stereocenters. The van der Waals surface area contributed by atoms with Crippen molar-refractivity contribution in [3.05, 3.63) is 41.4 Å². The zero-order valence-electron chi connectivity index (χ0n) is 23.6. The van der Waals surface area contributed by atoms with Gasteiger partial charge in [0.25, 0.3) is 0 Å². The molecule has 1 N–H and O–H groups in total. The minimum Gasteiger partial charge on any atom is -0.489 e. The molecular weight excluding hydrogens is 552 g/mol. The minimum atomic E-state index is -0.809. The van der Waals surface area contributed by atoms with Crippen molar-refractivity contribution < 1.29 is 43.1 Å². The number of hydrogen-bond donors (Lipinski definition) is 1. The largest absolute Gasteiger partial charge is 0.489 e. The van der Waals surface area contributed by atoms with Gasteiger partial charge in [-0.05, 0) is 69.9 Å². The van der Waals surface area contributed by atoms with Gasteiger partial charge in [0.15, 0.2) is 12.6 Å². The number of carboxylic acids is 1. The third kappa shape index (κ3) is 10.6. The molecule has 2 aliphatic heterocycles. The van der Waals surface area contributed by atoms with Gasteiger partial charge in [0.2, 0.25) is 0 Å². The Kier molecular flexibility index (Phi) is 13.4. The van der Waals surface area contributed by atoms with Crippen LogP contribution in [-0.4, -0.2) is 74.2 Å². The van der Waals surface area contributed by atoms with E-state index in [0.717, 1.165) is 38.5 Å². The second-order valence-electron chi connectivity index (χ2n) is 10.8. The third-order valence-electron chi connectivity index (χ3n) is 7.58. The first-order chi connectivity index (χ1) is 20.0. The fourth-order valence-corrected chi connectivity index (χ4v) is 5.58. The molecule has 2 saturated heterocycles. The number of halogens is 1. The molecule has 228 valence electrons. The lowest BCUT2D eigenvalue weighted by Gasteiger charge is -2.32. The van der Waals surface area contributed by atoms with E-state index in [2.05, 4.69) is 0 Å². The molecule has 0 bridgehead atoms. The lowest BCUT2D eigenvalue weighted by Crippen LogP contribution is -2.40. The number of Topliss-reactive ketones (excluding diaryl/α,β-unsaturated/α-hetero) is 1. The highest BCUT2D eigenvalue weighted by Gasteiger charge is 2.45. The molecule has 4 rings (SSSR count). The van der Waals surface area contributed by atoms with E-state index in [-0.39, 0.29) is 50.3 Å². The fourth-order valence-electron chi connectivity index (χ4n) is 5.39. The van der Waals surface area contributed by atoms with Crippen molar-refractivity contribution in [2.24, 2.45) is 5.92 Å². The quantitative estimate of drug-likeness (QED) is 0.190. The summed E-state index contributed by atoms with van der Waals surface area (Å²) in [5, 5.41) is 9.37. The Morgan fingerprint density at radius 2 is 1.80 bits per heavy atom. The van der Waals surface area contributed by atoms with Crippen LogP contribution >= 0.6 is 11.6 Å². The van der Waals surface area contributed by atoms with Gasteiger partial charge < -0.3 is 33.5 Å². The average Bonchev–Trinajstić information content (AvgIpc) is 3.26. The number of rotatable bonds is 16. The zero-order valence-corrected chi connectivity index (χ0v) is 24.4. The molecule has 1 aromatic rings. The molecule has 1 aromatic carbocycles. The van der Waals surface area contributed by atoms with Crippen molar-refractivity contribution in [3.8, 4) is 5.75 Å². The van der Waals surface area contributed by atoms with Crippen molar-refractivity contribution in [2.45, 2.75) is 102 Å². The van der Waals surface area contributed by atoms with Gasteiger partial charge >= 0.3 is 5.97 Å². The highest BCUT2D eigenvalue weighted by Crippen LogP contribution is 2.34. The maximum Gasteiger partial charge on any atom is 0.303 e. The summed E-state index contributed by atoms with van der Waals surface area (Å²) in [5.74, 6) is -0.539. The van der Waals surface area contributed by atoms with Crippen LogP contribution in [0.4, 0.5) is 0 Å². The van der Waals surface area contributed by atoms with E-state index in [4.69, 9.17) is 45.1 Å². The van der Waals surface area contributed by atoms with E-state index in [1.165, 1.54) is 0 Å². The van der Waals surface area contributed by atoms with E-state index in [9.17, 15) is 9.59 Å². The van der Waals surface area contributed by atoms with E-state index < -0.39 is 24.3 Å². The third-order valence-corrected chi connectivity index (χ3v) is 7.89. The fraction of sp³-hybridized carbons (Fsp3) is 0.677. The van der Waals surface area contributed by atoms with E-state index >= 15 is 0 Å². The second kappa shape index (κ2) is 17.2. The van der Waals surface area contributed by atoms with Crippen LogP contribution < -0.4 is 4.74 Å². The normalized spacial score (nSPS) is 27.7. The first-order valence-corrected chi connectivity index (χ1v) is 15.3. The number of hydrogen-bond acceptors (Lipinski definition) is 8. The van der Waals surface area contributed by atoms with Crippen molar-refractivity contribution >= 4 is 23.4 Å². The highest BCUT2D eigenvalue weighted by atomic mass is 35.5. The summed E-state index contributed by atoms with van der Waals surface area (Å²) in [6, 6.07) is 7.28. The Morgan fingerprint density at radius 3 is 2.51 bits per heavy atom. The molecule has 1 aliphatic carbocycles. The molecule has 0 amide bonds. The molecular formula is C31H43ClO9. The van der Waals surface area contributed by atoms with Crippen LogP contribution in [-0.2, 0) is 33.3 Å². The van der Waals surface area contributed by atoms with Crippen LogP contribution in [0.5, 0.6) is 5.75 Å². The van der Waals surface area contributed by atoms with Crippen LogP contribution in [0.15, 0.2) is 36.4 Å². The van der Waals surface area contributed by atoms with Gasteiger partial charge in [-0.15, -0.1) is 0 Å². The number of unbranched alkanes of at least 4 members (excludes halogenated alkanes) is 1. The molecule has 3 aliphatic rings. The molecule has 1 saturated carbocycles. The predicted octanol–water partition coefficient (Wildman–Crippen LogP) is 5.72. The van der Waals surface area contributed by atoms with Crippen molar-refractivity contribution in [1.82, 2.24) is 0 Å². The first-order valence-electron chi connectivity index (χ1n) is 14.9. The van der Waals surface area contributed by atoms with E-state index in [0.29, 0.717) is 43.2 Å². The zero-order chi connectivity index (χ0) is 28.9. The molecule has 10 heteroatoms. The molecule has 41 heavy (non-hydrogen) atoms. The number of benzene rings is 1. The summed E-state index contributed by atoms with van der Waals surface area (Å²) in [6.45, 7) is 1.69. The number of allylic oxidation sites excluding steroid dienone is 2. The first kappa shape index (κ1) is 31.9. The number of carbonyl (C=O) groups is 2. The summed E-state index contributed by atoms with van der Waals surface area (Å²) in [6.07, 6.45) is 9.58. The molecule has 9 nitrogen and oxygen atoms in total. The van der Waals surface area contributed by atoms with Crippen molar-refractivity contribution in [3.63, 3.8) is 0 Å². The Balaban J connectivity index is 1.41. The molecule has 0 aromatic heterocycles. The van der Waals surface area contributed by atoms with Gasteiger partial charge in [-0.1, -0.05) is 35.9 Å². The predicted molar refractivity (Wildman–Crippen MR) is 152 cm³/mol. The molecule has 2 heterocycles. The average molecular weight is 595 g/mol. The molecule has 3 fully saturated rings. The van der Waals surface area contributed by atoms with Crippen LogP contribution in [0.2, 0.25) is 5.02 Å². The summed E-state index contributed by atoms with van der Waals surface area (Å²) in [5.41, 5.74) is 0. The van der Waals surface area contributed by atoms with Crippen LogP contribution in [0.1, 0.15) is 70.6 Å². The summed E-state index contributed by atoms with van der Waals surface area (Å²) in [7, 11) is 0. The number of para-hydroxylation sites is 1. The number of carboxylic acid groups (broad SMARTS) is 1. The Labute approximate surface area is 247 Å². The Bertz CT molecular complexity index is 974. The smallest absolute Gasteiger partial charge is 0.303 e. The van der Waals surface area contributed by atoms with Crippen LogP contribution in [0.25, 0.3) is 0 Å². The minimum absolute atomic E-state index is 0.0893. The van der Waals surface area contributed by atoms with Gasteiger partial charge in [-0.3, -0.25) is 9.59 Å². The van der Waals surface area contributed by atoms with Gasteiger partial charge in [-0.25, -0.2) is 0 Å². The standard InChI is InChI=1S/C31H43ClO9/c32-24-12-5-6-13-26(24)38-20-22(40-29-15-7-9-17-36-29)21-39-31-23(11-3-1-2-4-14-28(34)35)25(33)19-27(31)41-30-16-8-10-18-37-30/h1,3,5-6,12-13,22-23,27,29-31H,2,4,7-11,14-21H2,(H,34,35)/b3-1+. The van der Waals surface area contributed by atoms with Gasteiger partial charge in [0, 0.05) is 26.1 Å². The van der Waals surface area contributed by atoms with Gasteiger partial charge in [0.05, 0.1) is 29.8 Å². The maximum atomic E-state index is 13.2. The highest BCUT2D eigenvalue weighted by molar-refractivity contribution is 6.32. The molecule has 6 atom stereocenters. The lowest BCUT2D eigenvalue weighted by molar-refractivity contribution is -0.226. The van der Waals surface area contributed by atoms with Gasteiger partial charge in [-0.2, -0.15) is 0 Å². The van der Waals surface area contributed by atoms with Crippen LogP contribution in [0, 0.1) is 5.92 Å². The summed E-state index contributed by atoms with van der Waals surface area (Å²) in [4.78, 5) is 23.9. The number of aliphatic carboxylic acids is 1. The van der Waals surface area contributed by atoms with E-state index in [1.807, 2.05) is 24.3 Å². The molecule has 0 spiro atoms. The number of ether oxygens (including phenoxy) is 6. The SMILES string of the molecule is O=C(O)CCC/C=C/CC1C(=O)CC(OC2CCCCO2)C1OCC(COc1ccccc1Cl)OC1CCCCO1. The Morgan fingerprint density at radius 1 is 1.05 bits per heavy atom. The number of ketones is 1. The maximum absolute atomic E-state index is 13.2. The van der Waals surface area contributed by atoms with Crippen LogP contribution in [0.3, 0.4) is 0 Å². The monoisotopic (exact) mass is 594 g/mol. The van der Waals surface area contributed by atoms with Crippen molar-refractivity contribution in [2.75, 3.05) is 26.4 Å². The lowest BCUT2D eigenvalue weighted by atomic mass is 9.99. The van der Waals surface area contributed by atoms with E-state index in [1.54, 1.807) is 12.1 Å². The second-order valence-corrected chi connectivity index (χ2v) is 11.2. The summed E-state index contributed by atoms with van der Waals surface area (Å²) < 4.78 is 36.7. The molecule has 0 radical (unpaired) electrons. The topological polar surface area (TPSA) is 110 Å². The Hall–Kier alpha value is -2.01. The number of carbonyl (C=O) groups excluding carboxylic acids is 1. The summed E-state index contributed by atoms with van der Waals surface area (Å²) >= 11 is 6.30.